The van der Waals surface area contributed by atoms with Gasteiger partial charge in [-0.25, -0.2) is 0 Å². The average molecular weight is 223 g/mol. The van der Waals surface area contributed by atoms with E-state index < -0.39 is 0 Å². The van der Waals surface area contributed by atoms with E-state index in [0.717, 1.165) is 23.5 Å². The Morgan fingerprint density at radius 2 is 1.62 bits per heavy atom. The third-order valence-corrected chi connectivity index (χ3v) is 3.02. The van der Waals surface area contributed by atoms with Crippen LogP contribution in [0, 0.1) is 5.92 Å². The summed E-state index contributed by atoms with van der Waals surface area (Å²) in [6, 6.07) is 5.82. The zero-order chi connectivity index (χ0) is 12.1. The Labute approximate surface area is 97.6 Å². The maximum atomic E-state index is 6.19. The molecule has 1 rings (SSSR count). The van der Waals surface area contributed by atoms with Gasteiger partial charge in [-0.3, -0.25) is 0 Å². The molecule has 1 unspecified atom stereocenters. The number of ether oxygens (including phenoxy) is 2. The molecule has 0 amide bonds. The van der Waals surface area contributed by atoms with Gasteiger partial charge in [-0.05, 0) is 23.6 Å². The first-order chi connectivity index (χ1) is 7.62. The number of rotatable bonds is 5. The molecule has 1 aromatic rings. The number of hydrogen-bond acceptors (Lipinski definition) is 3. The second kappa shape index (κ2) is 5.75. The summed E-state index contributed by atoms with van der Waals surface area (Å²) in [4.78, 5) is 0. The topological polar surface area (TPSA) is 44.5 Å². The lowest BCUT2D eigenvalue weighted by atomic mass is 9.93. The first-order valence-electron chi connectivity index (χ1n) is 5.60. The molecule has 0 radical (unpaired) electrons. The molecule has 3 nitrogen and oxygen atoms in total. The molecular formula is C13H21NO2. The summed E-state index contributed by atoms with van der Waals surface area (Å²) < 4.78 is 10.5. The molecule has 3 heteroatoms. The van der Waals surface area contributed by atoms with Crippen LogP contribution < -0.4 is 15.2 Å². The molecule has 0 aliphatic carbocycles. The molecule has 0 fully saturated rings. The minimum absolute atomic E-state index is 0.0222. The lowest BCUT2D eigenvalue weighted by molar-refractivity contribution is 0.389. The van der Waals surface area contributed by atoms with Crippen molar-refractivity contribution in [2.45, 2.75) is 26.3 Å². The van der Waals surface area contributed by atoms with Gasteiger partial charge < -0.3 is 15.2 Å². The summed E-state index contributed by atoms with van der Waals surface area (Å²) >= 11 is 0. The Morgan fingerprint density at radius 1 is 1.12 bits per heavy atom. The van der Waals surface area contributed by atoms with Crippen LogP contribution in [0.5, 0.6) is 11.5 Å². The van der Waals surface area contributed by atoms with Crippen molar-refractivity contribution in [3.8, 4) is 11.5 Å². The Hall–Kier alpha value is -1.22. The van der Waals surface area contributed by atoms with Crippen LogP contribution in [-0.4, -0.2) is 14.2 Å². The van der Waals surface area contributed by atoms with Crippen LogP contribution in [0.25, 0.3) is 0 Å². The van der Waals surface area contributed by atoms with E-state index in [4.69, 9.17) is 15.2 Å². The smallest absolute Gasteiger partial charge is 0.122 e. The van der Waals surface area contributed by atoms with E-state index in [1.54, 1.807) is 14.2 Å². The summed E-state index contributed by atoms with van der Waals surface area (Å²) in [6.45, 7) is 4.29. The standard InChI is InChI=1S/C13H21NO2/c1-5-9(2)13(14)10-6-11(15-3)8-12(7-10)16-4/h6-9,13H,5,14H2,1-4H3/t9?,13-/m1/s1. The van der Waals surface area contributed by atoms with E-state index in [9.17, 15) is 0 Å². The minimum atomic E-state index is 0.0222. The zero-order valence-corrected chi connectivity index (χ0v) is 10.5. The number of hydrogen-bond donors (Lipinski definition) is 1. The van der Waals surface area contributed by atoms with Gasteiger partial charge in [0.1, 0.15) is 11.5 Å². The van der Waals surface area contributed by atoms with Crippen LogP contribution in [0.15, 0.2) is 18.2 Å². The monoisotopic (exact) mass is 223 g/mol. The molecule has 2 atom stereocenters. The Kier molecular flexibility index (Phi) is 4.62. The molecule has 0 saturated heterocycles. The second-order valence-electron chi connectivity index (χ2n) is 4.06. The largest absolute Gasteiger partial charge is 0.497 e. The highest BCUT2D eigenvalue weighted by atomic mass is 16.5. The van der Waals surface area contributed by atoms with E-state index in [0.29, 0.717) is 5.92 Å². The van der Waals surface area contributed by atoms with Gasteiger partial charge in [0.05, 0.1) is 14.2 Å². The lowest BCUT2D eigenvalue weighted by Crippen LogP contribution is -2.18. The van der Waals surface area contributed by atoms with Crippen LogP contribution >= 0.6 is 0 Å². The first kappa shape index (κ1) is 12.8. The predicted octanol–water partition coefficient (Wildman–Crippen LogP) is 2.75. The van der Waals surface area contributed by atoms with Gasteiger partial charge in [0, 0.05) is 12.1 Å². The Morgan fingerprint density at radius 3 is 2.00 bits per heavy atom. The zero-order valence-electron chi connectivity index (χ0n) is 10.5. The van der Waals surface area contributed by atoms with E-state index in [1.165, 1.54) is 0 Å². The van der Waals surface area contributed by atoms with Crippen molar-refractivity contribution < 1.29 is 9.47 Å². The van der Waals surface area contributed by atoms with Crippen molar-refractivity contribution in [2.75, 3.05) is 14.2 Å². The molecule has 1 aromatic carbocycles. The van der Waals surface area contributed by atoms with E-state index >= 15 is 0 Å². The Bertz CT molecular complexity index is 316. The average Bonchev–Trinajstić information content (AvgIpc) is 2.35. The molecule has 0 aromatic heterocycles. The van der Waals surface area contributed by atoms with Gasteiger partial charge in [0.2, 0.25) is 0 Å². The molecular weight excluding hydrogens is 202 g/mol. The molecule has 16 heavy (non-hydrogen) atoms. The highest BCUT2D eigenvalue weighted by Crippen LogP contribution is 2.29. The summed E-state index contributed by atoms with van der Waals surface area (Å²) in [5.74, 6) is 2.01. The summed E-state index contributed by atoms with van der Waals surface area (Å²) in [6.07, 6.45) is 1.06. The van der Waals surface area contributed by atoms with Gasteiger partial charge in [-0.1, -0.05) is 20.3 Å². The third-order valence-electron chi connectivity index (χ3n) is 3.02. The predicted molar refractivity (Wildman–Crippen MR) is 65.9 cm³/mol. The molecule has 0 saturated carbocycles. The quantitative estimate of drug-likeness (QED) is 0.834. The highest BCUT2D eigenvalue weighted by molar-refractivity contribution is 5.39. The fourth-order valence-corrected chi connectivity index (χ4v) is 1.60. The van der Waals surface area contributed by atoms with Crippen molar-refractivity contribution in [3.05, 3.63) is 23.8 Å². The molecule has 2 N–H and O–H groups in total. The molecule has 0 aliphatic rings. The van der Waals surface area contributed by atoms with Crippen molar-refractivity contribution in [3.63, 3.8) is 0 Å². The van der Waals surface area contributed by atoms with Crippen molar-refractivity contribution >= 4 is 0 Å². The summed E-state index contributed by atoms with van der Waals surface area (Å²) in [7, 11) is 3.29. The van der Waals surface area contributed by atoms with Crippen LogP contribution in [-0.2, 0) is 0 Å². The molecule has 0 spiro atoms. The van der Waals surface area contributed by atoms with Crippen LogP contribution in [0.4, 0.5) is 0 Å². The number of benzene rings is 1. The maximum Gasteiger partial charge on any atom is 0.122 e. The Balaban J connectivity index is 3.02. The summed E-state index contributed by atoms with van der Waals surface area (Å²) in [5, 5.41) is 0. The molecule has 0 bridgehead atoms. The van der Waals surface area contributed by atoms with E-state index in [2.05, 4.69) is 13.8 Å². The summed E-state index contributed by atoms with van der Waals surface area (Å²) in [5.41, 5.74) is 7.25. The number of methoxy groups -OCH3 is 2. The SMILES string of the molecule is CCC(C)[C@@H](N)c1cc(OC)cc(OC)c1. The maximum absolute atomic E-state index is 6.19. The van der Waals surface area contributed by atoms with Gasteiger partial charge in [-0.15, -0.1) is 0 Å². The number of nitrogens with two attached hydrogens (primary N) is 1. The van der Waals surface area contributed by atoms with Gasteiger partial charge in [0.15, 0.2) is 0 Å². The fraction of sp³-hybridized carbons (Fsp3) is 0.538. The first-order valence-corrected chi connectivity index (χ1v) is 5.60. The highest BCUT2D eigenvalue weighted by Gasteiger charge is 2.15. The third kappa shape index (κ3) is 2.89. The van der Waals surface area contributed by atoms with Crippen molar-refractivity contribution in [1.29, 1.82) is 0 Å². The van der Waals surface area contributed by atoms with E-state index in [1.807, 2.05) is 18.2 Å². The van der Waals surface area contributed by atoms with Crippen molar-refractivity contribution in [2.24, 2.45) is 11.7 Å². The van der Waals surface area contributed by atoms with Gasteiger partial charge >= 0.3 is 0 Å². The molecule has 90 valence electrons. The normalized spacial score (nSPS) is 14.3. The molecule has 0 aliphatic heterocycles. The van der Waals surface area contributed by atoms with Crippen LogP contribution in [0.3, 0.4) is 0 Å². The van der Waals surface area contributed by atoms with E-state index in [-0.39, 0.29) is 6.04 Å². The van der Waals surface area contributed by atoms with Gasteiger partial charge in [-0.2, -0.15) is 0 Å². The van der Waals surface area contributed by atoms with Crippen molar-refractivity contribution in [1.82, 2.24) is 0 Å². The fourth-order valence-electron chi connectivity index (χ4n) is 1.60. The molecule has 0 heterocycles. The second-order valence-corrected chi connectivity index (χ2v) is 4.06. The van der Waals surface area contributed by atoms with Crippen LogP contribution in [0.1, 0.15) is 31.9 Å². The van der Waals surface area contributed by atoms with Gasteiger partial charge in [0.25, 0.3) is 0 Å². The van der Waals surface area contributed by atoms with Crippen LogP contribution in [0.2, 0.25) is 0 Å². The lowest BCUT2D eigenvalue weighted by Gasteiger charge is -2.20. The minimum Gasteiger partial charge on any atom is -0.497 e.